The second-order valence-electron chi connectivity index (χ2n) is 7.60. The number of aryl methyl sites for hydroxylation is 3. The first-order valence-corrected chi connectivity index (χ1v) is 9.97. The van der Waals surface area contributed by atoms with Crippen molar-refractivity contribution in [2.75, 3.05) is 39.4 Å². The number of nitrogens with zero attached hydrogens (tertiary/aromatic N) is 1. The molecule has 29 heavy (non-hydrogen) atoms. The molecular formula is C22H26N2O5. The van der Waals surface area contributed by atoms with Gasteiger partial charge in [0.15, 0.2) is 0 Å². The smallest absolute Gasteiger partial charge is 0.340 e. The first kappa shape index (κ1) is 19.7. The van der Waals surface area contributed by atoms with E-state index in [1.165, 1.54) is 0 Å². The minimum atomic E-state index is -0.474. The predicted molar refractivity (Wildman–Crippen MR) is 110 cm³/mol. The Kier molecular flexibility index (Phi) is 5.43. The lowest BCUT2D eigenvalue weighted by Crippen LogP contribution is -2.41. The van der Waals surface area contributed by atoms with Crippen LogP contribution in [-0.2, 0) is 16.0 Å². The molecule has 0 aliphatic carbocycles. The van der Waals surface area contributed by atoms with E-state index < -0.39 is 5.63 Å². The van der Waals surface area contributed by atoms with Crippen molar-refractivity contribution < 1.29 is 18.4 Å². The second-order valence-corrected chi connectivity index (χ2v) is 7.60. The molecule has 0 unspecified atom stereocenters. The van der Waals surface area contributed by atoms with Crippen LogP contribution in [0.3, 0.4) is 0 Å². The summed E-state index contributed by atoms with van der Waals surface area (Å²) in [4.78, 5) is 27.2. The van der Waals surface area contributed by atoms with Crippen molar-refractivity contribution in [3.63, 3.8) is 0 Å². The zero-order valence-corrected chi connectivity index (χ0v) is 17.1. The van der Waals surface area contributed by atoms with Gasteiger partial charge in [-0.05, 0) is 38.0 Å². The van der Waals surface area contributed by atoms with Gasteiger partial charge in [-0.25, -0.2) is 4.79 Å². The molecule has 2 aromatic heterocycles. The molecule has 1 amide bonds. The van der Waals surface area contributed by atoms with Gasteiger partial charge in [0.05, 0.1) is 25.2 Å². The largest absolute Gasteiger partial charge is 0.461 e. The highest BCUT2D eigenvalue weighted by Gasteiger charge is 2.18. The monoisotopic (exact) mass is 398 g/mol. The van der Waals surface area contributed by atoms with Gasteiger partial charge in [0.1, 0.15) is 16.9 Å². The molecular weight excluding hydrogens is 372 g/mol. The highest BCUT2D eigenvalue weighted by molar-refractivity contribution is 5.97. The molecule has 1 N–H and O–H groups in total. The standard InChI is InChI=1S/C22H26N2O5/c1-13-15(3)28-19-12-20-17(10-16(13)19)14(2)18(22(26)29-20)11-21(25)23-4-5-24-6-8-27-9-7-24/h10,12H,4-9,11H2,1-3H3,(H,23,25). The number of nitrogens with one attached hydrogen (secondary N) is 1. The van der Waals surface area contributed by atoms with Gasteiger partial charge >= 0.3 is 5.63 Å². The van der Waals surface area contributed by atoms with E-state index >= 15 is 0 Å². The Morgan fingerprint density at radius 1 is 1.03 bits per heavy atom. The third kappa shape index (κ3) is 3.93. The summed E-state index contributed by atoms with van der Waals surface area (Å²) < 4.78 is 16.6. The van der Waals surface area contributed by atoms with Crippen LogP contribution in [0.2, 0.25) is 0 Å². The first-order valence-electron chi connectivity index (χ1n) is 9.97. The predicted octanol–water partition coefficient (Wildman–Crippen LogP) is 2.46. The van der Waals surface area contributed by atoms with E-state index in [9.17, 15) is 9.59 Å². The molecule has 0 atom stereocenters. The van der Waals surface area contributed by atoms with Crippen LogP contribution in [0.4, 0.5) is 0 Å². The third-order valence-electron chi connectivity index (χ3n) is 5.77. The average Bonchev–Trinajstić information content (AvgIpc) is 2.98. The Morgan fingerprint density at radius 2 is 1.72 bits per heavy atom. The summed E-state index contributed by atoms with van der Waals surface area (Å²) in [5.74, 6) is 0.666. The van der Waals surface area contributed by atoms with Gasteiger partial charge in [0, 0.05) is 43.0 Å². The summed E-state index contributed by atoms with van der Waals surface area (Å²) in [6.45, 7) is 10.3. The van der Waals surface area contributed by atoms with Crippen LogP contribution in [0.5, 0.6) is 0 Å². The van der Waals surface area contributed by atoms with Crippen LogP contribution in [0.15, 0.2) is 25.8 Å². The summed E-state index contributed by atoms with van der Waals surface area (Å²) >= 11 is 0. The topological polar surface area (TPSA) is 84.9 Å². The molecule has 3 aromatic rings. The summed E-state index contributed by atoms with van der Waals surface area (Å²) in [7, 11) is 0. The minimum absolute atomic E-state index is 0.00858. The van der Waals surface area contributed by atoms with Crippen molar-refractivity contribution in [3.05, 3.63) is 45.0 Å². The summed E-state index contributed by atoms with van der Waals surface area (Å²) in [6.07, 6.45) is 0.00858. The normalized spacial score (nSPS) is 15.3. The zero-order valence-electron chi connectivity index (χ0n) is 17.1. The molecule has 1 fully saturated rings. The van der Waals surface area contributed by atoms with E-state index in [0.717, 1.165) is 60.5 Å². The molecule has 1 aliphatic heterocycles. The van der Waals surface area contributed by atoms with Gasteiger partial charge < -0.3 is 18.9 Å². The maximum atomic E-state index is 12.5. The molecule has 3 heterocycles. The van der Waals surface area contributed by atoms with Gasteiger partial charge in [0.2, 0.25) is 5.91 Å². The summed E-state index contributed by atoms with van der Waals surface area (Å²) in [5.41, 5.74) is 2.94. The molecule has 0 saturated carbocycles. The van der Waals surface area contributed by atoms with Crippen molar-refractivity contribution in [1.29, 1.82) is 0 Å². The molecule has 0 bridgehead atoms. The second kappa shape index (κ2) is 8.00. The third-order valence-corrected chi connectivity index (χ3v) is 5.77. The van der Waals surface area contributed by atoms with Gasteiger partial charge in [-0.1, -0.05) is 0 Å². The molecule has 4 rings (SSSR count). The van der Waals surface area contributed by atoms with E-state index in [1.54, 1.807) is 6.07 Å². The highest BCUT2D eigenvalue weighted by atomic mass is 16.5. The molecule has 0 radical (unpaired) electrons. The number of benzene rings is 1. The maximum Gasteiger partial charge on any atom is 0.340 e. The fourth-order valence-electron chi connectivity index (χ4n) is 3.83. The average molecular weight is 398 g/mol. The van der Waals surface area contributed by atoms with Crippen LogP contribution in [0, 0.1) is 20.8 Å². The zero-order chi connectivity index (χ0) is 20.5. The van der Waals surface area contributed by atoms with E-state index in [4.69, 9.17) is 13.6 Å². The fourth-order valence-corrected chi connectivity index (χ4v) is 3.83. The molecule has 1 aliphatic rings. The number of fused-ring (bicyclic) bond motifs is 2. The quantitative estimate of drug-likeness (QED) is 0.665. The van der Waals surface area contributed by atoms with E-state index in [1.807, 2.05) is 26.8 Å². The number of hydrogen-bond acceptors (Lipinski definition) is 6. The number of carbonyl (C=O) groups is 1. The number of furan rings is 1. The summed E-state index contributed by atoms with van der Waals surface area (Å²) in [5, 5.41) is 4.73. The van der Waals surface area contributed by atoms with Gasteiger partial charge in [-0.2, -0.15) is 0 Å². The van der Waals surface area contributed by atoms with Crippen molar-refractivity contribution in [2.45, 2.75) is 27.2 Å². The molecule has 7 nitrogen and oxygen atoms in total. The van der Waals surface area contributed by atoms with Crippen LogP contribution in [-0.4, -0.2) is 50.2 Å². The lowest BCUT2D eigenvalue weighted by molar-refractivity contribution is -0.120. The Labute approximate surface area is 168 Å². The maximum absolute atomic E-state index is 12.5. The van der Waals surface area contributed by atoms with Crippen molar-refractivity contribution in [3.8, 4) is 0 Å². The van der Waals surface area contributed by atoms with Crippen molar-refractivity contribution >= 4 is 27.8 Å². The van der Waals surface area contributed by atoms with E-state index in [0.29, 0.717) is 23.3 Å². The fraction of sp³-hybridized carbons (Fsp3) is 0.455. The van der Waals surface area contributed by atoms with E-state index in [-0.39, 0.29) is 12.3 Å². The molecule has 0 spiro atoms. The Morgan fingerprint density at radius 3 is 2.48 bits per heavy atom. The Balaban J connectivity index is 1.53. The number of rotatable bonds is 5. The first-order chi connectivity index (χ1) is 13.9. The number of carbonyl (C=O) groups excluding carboxylic acids is 1. The van der Waals surface area contributed by atoms with Crippen molar-refractivity contribution in [1.82, 2.24) is 10.2 Å². The Hall–Kier alpha value is -2.64. The van der Waals surface area contributed by atoms with Gasteiger partial charge in [-0.3, -0.25) is 9.69 Å². The highest BCUT2D eigenvalue weighted by Crippen LogP contribution is 2.30. The van der Waals surface area contributed by atoms with Crippen molar-refractivity contribution in [2.24, 2.45) is 0 Å². The van der Waals surface area contributed by atoms with Crippen LogP contribution in [0.25, 0.3) is 21.9 Å². The van der Waals surface area contributed by atoms with Crippen LogP contribution >= 0.6 is 0 Å². The minimum Gasteiger partial charge on any atom is -0.461 e. The SMILES string of the molecule is Cc1oc2cc3oc(=O)c(CC(=O)NCCN4CCOCC4)c(C)c3cc2c1C. The van der Waals surface area contributed by atoms with Gasteiger partial charge in [0.25, 0.3) is 0 Å². The number of amides is 1. The van der Waals surface area contributed by atoms with Crippen LogP contribution in [0.1, 0.15) is 22.5 Å². The summed E-state index contributed by atoms with van der Waals surface area (Å²) in [6, 6.07) is 3.74. The number of morpholine rings is 1. The van der Waals surface area contributed by atoms with Gasteiger partial charge in [-0.15, -0.1) is 0 Å². The number of ether oxygens (including phenoxy) is 1. The molecule has 154 valence electrons. The number of hydrogen-bond donors (Lipinski definition) is 1. The molecule has 1 aromatic carbocycles. The molecule has 7 heteroatoms. The molecule has 1 saturated heterocycles. The lowest BCUT2D eigenvalue weighted by atomic mass is 10.0. The van der Waals surface area contributed by atoms with Crippen LogP contribution < -0.4 is 10.9 Å². The lowest BCUT2D eigenvalue weighted by Gasteiger charge is -2.26. The van der Waals surface area contributed by atoms with E-state index in [2.05, 4.69) is 10.2 Å². The Bertz CT molecular complexity index is 1120.